The van der Waals surface area contributed by atoms with E-state index in [4.69, 9.17) is 0 Å². The van der Waals surface area contributed by atoms with Gasteiger partial charge in [-0.3, -0.25) is 4.90 Å². The highest BCUT2D eigenvalue weighted by Gasteiger charge is 2.35. The molecule has 0 radical (unpaired) electrons. The van der Waals surface area contributed by atoms with Crippen molar-refractivity contribution < 1.29 is 4.39 Å². The fraction of sp³-hybridized carbons (Fsp3) is 0.304. The van der Waals surface area contributed by atoms with Crippen molar-refractivity contribution in [2.45, 2.75) is 32.7 Å². The topological polar surface area (TPSA) is 8.17 Å². The number of halogens is 1. The predicted molar refractivity (Wildman–Crippen MR) is 106 cm³/mol. The molecule has 3 heterocycles. The zero-order chi connectivity index (χ0) is 17.8. The summed E-state index contributed by atoms with van der Waals surface area (Å²) in [7, 11) is 0. The van der Waals surface area contributed by atoms with Crippen LogP contribution in [-0.2, 0) is 6.54 Å². The molecule has 2 bridgehead atoms. The molecule has 0 aliphatic carbocycles. The summed E-state index contributed by atoms with van der Waals surface area (Å²) >= 11 is 0. The van der Waals surface area contributed by atoms with Crippen LogP contribution in [0, 0.1) is 12.7 Å². The Hall–Kier alpha value is -2.39. The number of aromatic nitrogens is 1. The summed E-state index contributed by atoms with van der Waals surface area (Å²) in [6.45, 7) is 7.51. The van der Waals surface area contributed by atoms with Crippen LogP contribution in [-0.4, -0.2) is 22.6 Å². The van der Waals surface area contributed by atoms with Gasteiger partial charge in [0.25, 0.3) is 0 Å². The fourth-order valence-corrected chi connectivity index (χ4v) is 4.74. The van der Waals surface area contributed by atoms with E-state index < -0.39 is 0 Å². The Kier molecular flexibility index (Phi) is 3.54. The first kappa shape index (κ1) is 15.8. The zero-order valence-electron chi connectivity index (χ0n) is 15.3. The lowest BCUT2D eigenvalue weighted by atomic mass is 9.93. The molecule has 0 saturated carbocycles. The molecule has 0 amide bonds. The first-order chi connectivity index (χ1) is 12.6. The molecule has 1 aromatic heterocycles. The summed E-state index contributed by atoms with van der Waals surface area (Å²) in [5, 5.41) is 1.38. The molecular formula is C23H23FN2. The van der Waals surface area contributed by atoms with Gasteiger partial charge in [-0.2, -0.15) is 0 Å². The monoisotopic (exact) mass is 346 g/mol. The molecule has 0 spiro atoms. The molecule has 26 heavy (non-hydrogen) atoms. The predicted octanol–water partition coefficient (Wildman–Crippen LogP) is 5.41. The normalized spacial score (nSPS) is 22.0. The van der Waals surface area contributed by atoms with Gasteiger partial charge in [-0.05, 0) is 56.1 Å². The number of aryl methyl sites for hydroxylation is 1. The van der Waals surface area contributed by atoms with E-state index in [-0.39, 0.29) is 5.82 Å². The van der Waals surface area contributed by atoms with Gasteiger partial charge in [-0.25, -0.2) is 4.39 Å². The van der Waals surface area contributed by atoms with Crippen LogP contribution in [0.25, 0.3) is 22.7 Å². The Labute approximate surface area is 153 Å². The minimum Gasteiger partial charge on any atom is -0.318 e. The van der Waals surface area contributed by atoms with Crippen LogP contribution in [0.4, 0.5) is 4.39 Å². The van der Waals surface area contributed by atoms with E-state index in [9.17, 15) is 4.39 Å². The van der Waals surface area contributed by atoms with Gasteiger partial charge < -0.3 is 4.57 Å². The molecule has 132 valence electrons. The van der Waals surface area contributed by atoms with Crippen LogP contribution in [0.5, 0.6) is 0 Å². The second kappa shape index (κ2) is 5.82. The molecule has 3 heteroatoms. The van der Waals surface area contributed by atoms with Crippen molar-refractivity contribution in [2.24, 2.45) is 0 Å². The molecular weight excluding hydrogens is 323 g/mol. The summed E-state index contributed by atoms with van der Waals surface area (Å²) < 4.78 is 16.6. The van der Waals surface area contributed by atoms with Gasteiger partial charge >= 0.3 is 0 Å². The molecule has 2 atom stereocenters. The van der Waals surface area contributed by atoms with Crippen LogP contribution in [0.15, 0.2) is 42.5 Å². The molecule has 0 N–H and O–H groups in total. The minimum absolute atomic E-state index is 0.161. The molecule has 2 aliphatic heterocycles. The molecule has 2 nitrogen and oxygen atoms in total. The Bertz CT molecular complexity index is 1040. The average Bonchev–Trinajstić information content (AvgIpc) is 3.14. The van der Waals surface area contributed by atoms with Gasteiger partial charge in [0.05, 0.1) is 5.52 Å². The van der Waals surface area contributed by atoms with Gasteiger partial charge in [-0.15, -0.1) is 0 Å². The van der Waals surface area contributed by atoms with Crippen molar-refractivity contribution in [2.75, 3.05) is 13.1 Å². The smallest absolute Gasteiger partial charge is 0.130 e. The molecule has 3 aromatic rings. The average molecular weight is 346 g/mol. The summed E-state index contributed by atoms with van der Waals surface area (Å²) in [6, 6.07) is 13.8. The van der Waals surface area contributed by atoms with Gasteiger partial charge in [0.1, 0.15) is 5.82 Å². The highest BCUT2D eigenvalue weighted by atomic mass is 19.1. The van der Waals surface area contributed by atoms with Crippen molar-refractivity contribution in [1.82, 2.24) is 9.47 Å². The first-order valence-electron chi connectivity index (χ1n) is 9.41. The van der Waals surface area contributed by atoms with E-state index in [1.165, 1.54) is 53.3 Å². The third-order valence-corrected chi connectivity index (χ3v) is 5.98. The number of allylic oxidation sites excluding steroid dienone is 1. The van der Waals surface area contributed by atoms with Crippen molar-refractivity contribution >= 4 is 22.7 Å². The summed E-state index contributed by atoms with van der Waals surface area (Å²) in [6.07, 6.45) is 3.37. The minimum atomic E-state index is -0.161. The van der Waals surface area contributed by atoms with E-state index in [0.29, 0.717) is 11.5 Å². The zero-order valence-corrected chi connectivity index (χ0v) is 15.3. The van der Waals surface area contributed by atoms with Crippen molar-refractivity contribution in [1.29, 1.82) is 0 Å². The number of hydrogen-bond acceptors (Lipinski definition) is 1. The molecule has 2 unspecified atom stereocenters. The number of fused-ring (bicyclic) bond motifs is 6. The maximum Gasteiger partial charge on any atom is 0.130 e. The summed E-state index contributed by atoms with van der Waals surface area (Å²) in [4.78, 5) is 2.54. The van der Waals surface area contributed by atoms with Gasteiger partial charge in [0, 0.05) is 41.9 Å². The Morgan fingerprint density at radius 1 is 1.19 bits per heavy atom. The Balaban J connectivity index is 1.75. The van der Waals surface area contributed by atoms with Crippen molar-refractivity contribution in [3.05, 3.63) is 70.7 Å². The van der Waals surface area contributed by atoms with E-state index in [0.717, 1.165) is 12.1 Å². The van der Waals surface area contributed by atoms with Crippen LogP contribution >= 0.6 is 0 Å². The van der Waals surface area contributed by atoms with Crippen LogP contribution in [0.3, 0.4) is 0 Å². The van der Waals surface area contributed by atoms with E-state index in [1.807, 2.05) is 19.1 Å². The Morgan fingerprint density at radius 3 is 2.88 bits per heavy atom. The SMILES string of the molecule is CC(=Cn1c2c(c3cc(C)ccc31)C1CCN(C2)C1)c1ccccc1F. The third-order valence-electron chi connectivity index (χ3n) is 5.98. The van der Waals surface area contributed by atoms with E-state index in [2.05, 4.69) is 40.8 Å². The molecule has 2 aromatic carbocycles. The quantitative estimate of drug-likeness (QED) is 0.602. The van der Waals surface area contributed by atoms with E-state index in [1.54, 1.807) is 6.07 Å². The van der Waals surface area contributed by atoms with Crippen LogP contribution < -0.4 is 0 Å². The highest BCUT2D eigenvalue weighted by molar-refractivity contribution is 5.91. The highest BCUT2D eigenvalue weighted by Crippen LogP contribution is 2.42. The largest absolute Gasteiger partial charge is 0.318 e. The number of hydrogen-bond donors (Lipinski definition) is 0. The Morgan fingerprint density at radius 2 is 2.04 bits per heavy atom. The molecule has 5 rings (SSSR count). The maximum absolute atomic E-state index is 14.3. The summed E-state index contributed by atoms with van der Waals surface area (Å²) in [5.74, 6) is 0.470. The van der Waals surface area contributed by atoms with E-state index >= 15 is 0 Å². The third kappa shape index (κ3) is 2.34. The van der Waals surface area contributed by atoms with Gasteiger partial charge in [0.2, 0.25) is 0 Å². The first-order valence-corrected chi connectivity index (χ1v) is 9.41. The molecule has 1 fully saturated rings. The lowest BCUT2D eigenvalue weighted by Gasteiger charge is -2.24. The lowest BCUT2D eigenvalue weighted by Crippen LogP contribution is -2.25. The van der Waals surface area contributed by atoms with Gasteiger partial charge in [0.15, 0.2) is 0 Å². The molecule has 2 aliphatic rings. The lowest BCUT2D eigenvalue weighted by molar-refractivity contribution is 0.308. The van der Waals surface area contributed by atoms with Crippen molar-refractivity contribution in [3.8, 4) is 0 Å². The van der Waals surface area contributed by atoms with Gasteiger partial charge in [-0.1, -0.05) is 29.8 Å². The van der Waals surface area contributed by atoms with Crippen LogP contribution in [0.1, 0.15) is 41.6 Å². The maximum atomic E-state index is 14.3. The van der Waals surface area contributed by atoms with Crippen LogP contribution in [0.2, 0.25) is 0 Å². The second-order valence-corrected chi connectivity index (χ2v) is 7.76. The number of benzene rings is 2. The number of rotatable bonds is 2. The molecule has 1 saturated heterocycles. The van der Waals surface area contributed by atoms with Crippen molar-refractivity contribution in [3.63, 3.8) is 0 Å². The number of nitrogens with zero attached hydrogens (tertiary/aromatic N) is 2. The fourth-order valence-electron chi connectivity index (χ4n) is 4.74. The second-order valence-electron chi connectivity index (χ2n) is 7.76. The standard InChI is InChI=1S/C23H23FN2/c1-15-7-8-21-19(11-15)23-17-9-10-25(13-17)14-22(23)26(21)12-16(2)18-5-3-4-6-20(18)24/h3-8,11-12,17H,9-10,13-14H2,1-2H3. The summed E-state index contributed by atoms with van der Waals surface area (Å²) in [5.41, 5.74) is 7.08.